The molecule has 0 spiro atoms. The number of para-hydroxylation sites is 1. The smallest absolute Gasteiger partial charge is 0.221 e. The average molecular weight is 331 g/mol. The third kappa shape index (κ3) is 6.59. The summed E-state index contributed by atoms with van der Waals surface area (Å²) >= 11 is 1.91. The molecule has 118 valence electrons. The first-order valence-corrected chi connectivity index (χ1v) is 8.17. The van der Waals surface area contributed by atoms with Gasteiger partial charge < -0.3 is 15.4 Å². The summed E-state index contributed by atoms with van der Waals surface area (Å²) < 4.78 is 5.64. The van der Waals surface area contributed by atoms with E-state index in [-0.39, 0.29) is 18.3 Å². The van der Waals surface area contributed by atoms with Crippen molar-refractivity contribution in [3.8, 4) is 5.75 Å². The summed E-state index contributed by atoms with van der Waals surface area (Å²) in [5, 5.41) is 6.27. The molecule has 0 bridgehead atoms. The van der Waals surface area contributed by atoms with E-state index >= 15 is 0 Å². The molecule has 1 atom stereocenters. The van der Waals surface area contributed by atoms with Crippen molar-refractivity contribution in [1.82, 2.24) is 10.6 Å². The maximum Gasteiger partial charge on any atom is 0.221 e. The first kappa shape index (κ1) is 18.1. The van der Waals surface area contributed by atoms with Crippen molar-refractivity contribution in [3.05, 3.63) is 29.8 Å². The van der Waals surface area contributed by atoms with Crippen LogP contribution in [-0.2, 0) is 4.79 Å². The minimum absolute atomic E-state index is 0. The third-order valence-corrected chi connectivity index (χ3v) is 4.34. The molecule has 4 nitrogen and oxygen atoms in total. The number of ether oxygens (including phenoxy) is 1. The summed E-state index contributed by atoms with van der Waals surface area (Å²) in [7, 11) is 0. The van der Waals surface area contributed by atoms with Crippen molar-refractivity contribution in [2.45, 2.75) is 19.4 Å². The van der Waals surface area contributed by atoms with Crippen molar-refractivity contribution >= 4 is 30.1 Å². The highest BCUT2D eigenvalue weighted by Gasteiger charge is 2.16. The van der Waals surface area contributed by atoms with Gasteiger partial charge in [-0.05, 0) is 18.6 Å². The summed E-state index contributed by atoms with van der Waals surface area (Å²) in [6.07, 6.45) is 0.553. The van der Waals surface area contributed by atoms with Gasteiger partial charge in [0.05, 0.1) is 6.54 Å². The fraction of sp³-hybridized carbons (Fsp3) is 0.533. The lowest BCUT2D eigenvalue weighted by Crippen LogP contribution is -2.41. The Hall–Kier alpha value is -0.910. The Balaban J connectivity index is 0.00000220. The average Bonchev–Trinajstić information content (AvgIpc) is 2.46. The van der Waals surface area contributed by atoms with E-state index in [0.29, 0.717) is 25.6 Å². The molecule has 1 heterocycles. The zero-order valence-electron chi connectivity index (χ0n) is 12.3. The zero-order chi connectivity index (χ0) is 14.2. The van der Waals surface area contributed by atoms with Crippen LogP contribution in [0.3, 0.4) is 0 Å². The van der Waals surface area contributed by atoms with Gasteiger partial charge in [0.2, 0.25) is 5.91 Å². The van der Waals surface area contributed by atoms with Gasteiger partial charge in [0.15, 0.2) is 0 Å². The Bertz CT molecular complexity index is 439. The third-order valence-electron chi connectivity index (χ3n) is 3.21. The van der Waals surface area contributed by atoms with Crippen LogP contribution in [0.25, 0.3) is 0 Å². The Kier molecular flexibility index (Phi) is 8.57. The number of carbonyl (C=O) groups excluding carboxylic acids is 1. The van der Waals surface area contributed by atoms with Crippen LogP contribution in [0.2, 0.25) is 0 Å². The standard InChI is InChI=1S/C15H22N2O2S.ClH/c1-12-4-2-3-5-14(12)19-8-6-17-15(18)10-13-11-20-9-7-16-13;/h2-5,13,16H,6-11H2,1H3,(H,17,18);1H. The molecule has 2 rings (SSSR count). The molecule has 1 aliphatic heterocycles. The second-order valence-electron chi connectivity index (χ2n) is 4.89. The minimum atomic E-state index is 0. The zero-order valence-corrected chi connectivity index (χ0v) is 13.9. The van der Waals surface area contributed by atoms with E-state index in [1.54, 1.807) is 0 Å². The van der Waals surface area contributed by atoms with E-state index in [9.17, 15) is 4.79 Å². The molecule has 1 saturated heterocycles. The molecule has 6 heteroatoms. The van der Waals surface area contributed by atoms with E-state index in [1.165, 1.54) is 0 Å². The Morgan fingerprint density at radius 2 is 2.29 bits per heavy atom. The summed E-state index contributed by atoms with van der Waals surface area (Å²) in [6.45, 7) is 4.07. The van der Waals surface area contributed by atoms with Gasteiger partial charge in [-0.25, -0.2) is 0 Å². The van der Waals surface area contributed by atoms with Gasteiger partial charge in [-0.2, -0.15) is 11.8 Å². The highest BCUT2D eigenvalue weighted by atomic mass is 35.5. The molecule has 0 saturated carbocycles. The lowest BCUT2D eigenvalue weighted by Gasteiger charge is -2.22. The maximum absolute atomic E-state index is 11.8. The molecular formula is C15H23ClN2O2S. The number of thioether (sulfide) groups is 1. The van der Waals surface area contributed by atoms with Crippen molar-refractivity contribution in [2.75, 3.05) is 31.2 Å². The second kappa shape index (κ2) is 9.92. The number of halogens is 1. The number of carbonyl (C=O) groups is 1. The van der Waals surface area contributed by atoms with E-state index in [0.717, 1.165) is 29.4 Å². The molecule has 1 aromatic carbocycles. The van der Waals surface area contributed by atoms with E-state index < -0.39 is 0 Å². The lowest BCUT2D eigenvalue weighted by atomic mass is 10.2. The maximum atomic E-state index is 11.8. The largest absolute Gasteiger partial charge is 0.491 e. The van der Waals surface area contributed by atoms with E-state index in [2.05, 4.69) is 10.6 Å². The van der Waals surface area contributed by atoms with Crippen molar-refractivity contribution in [2.24, 2.45) is 0 Å². The van der Waals surface area contributed by atoms with Gasteiger partial charge in [-0.1, -0.05) is 18.2 Å². The molecule has 0 aromatic heterocycles. The predicted octanol–water partition coefficient (Wildman–Crippen LogP) is 2.01. The first-order chi connectivity index (χ1) is 9.75. The Morgan fingerprint density at radius 3 is 3.00 bits per heavy atom. The summed E-state index contributed by atoms with van der Waals surface area (Å²) in [5.41, 5.74) is 1.11. The molecule has 0 radical (unpaired) electrons. The topological polar surface area (TPSA) is 50.4 Å². The molecule has 1 amide bonds. The number of hydrogen-bond donors (Lipinski definition) is 2. The quantitative estimate of drug-likeness (QED) is 0.783. The van der Waals surface area contributed by atoms with Crippen molar-refractivity contribution in [3.63, 3.8) is 0 Å². The van der Waals surface area contributed by atoms with Gasteiger partial charge in [-0.3, -0.25) is 4.79 Å². The molecule has 2 N–H and O–H groups in total. The van der Waals surface area contributed by atoms with E-state index in [1.807, 2.05) is 43.0 Å². The molecule has 1 fully saturated rings. The predicted molar refractivity (Wildman–Crippen MR) is 90.7 cm³/mol. The number of benzene rings is 1. The molecule has 1 aliphatic rings. The van der Waals surface area contributed by atoms with Crippen LogP contribution in [0, 0.1) is 6.92 Å². The van der Waals surface area contributed by atoms with Crippen LogP contribution in [0.15, 0.2) is 24.3 Å². The monoisotopic (exact) mass is 330 g/mol. The SMILES string of the molecule is Cc1ccccc1OCCNC(=O)CC1CSCCN1.Cl. The van der Waals surface area contributed by atoms with Gasteiger partial charge in [-0.15, -0.1) is 12.4 Å². The number of rotatable bonds is 6. The second-order valence-corrected chi connectivity index (χ2v) is 6.04. The van der Waals surface area contributed by atoms with Crippen LogP contribution in [-0.4, -0.2) is 43.2 Å². The van der Waals surface area contributed by atoms with Crippen molar-refractivity contribution < 1.29 is 9.53 Å². The minimum Gasteiger partial charge on any atom is -0.491 e. The van der Waals surface area contributed by atoms with Crippen molar-refractivity contribution in [1.29, 1.82) is 0 Å². The summed E-state index contributed by atoms with van der Waals surface area (Å²) in [4.78, 5) is 11.8. The Morgan fingerprint density at radius 1 is 1.48 bits per heavy atom. The lowest BCUT2D eigenvalue weighted by molar-refractivity contribution is -0.121. The van der Waals surface area contributed by atoms with Gasteiger partial charge in [0, 0.05) is 30.5 Å². The number of hydrogen-bond acceptors (Lipinski definition) is 4. The number of amides is 1. The Labute approximate surface area is 136 Å². The molecule has 0 aliphatic carbocycles. The fourth-order valence-corrected chi connectivity index (χ4v) is 3.07. The van der Waals surface area contributed by atoms with Gasteiger partial charge in [0.1, 0.15) is 12.4 Å². The van der Waals surface area contributed by atoms with Crippen LogP contribution in [0.1, 0.15) is 12.0 Å². The van der Waals surface area contributed by atoms with Gasteiger partial charge >= 0.3 is 0 Å². The first-order valence-electron chi connectivity index (χ1n) is 7.02. The van der Waals surface area contributed by atoms with Gasteiger partial charge in [0.25, 0.3) is 0 Å². The van der Waals surface area contributed by atoms with Crippen LogP contribution >= 0.6 is 24.2 Å². The fourth-order valence-electron chi connectivity index (χ4n) is 2.12. The molecular weight excluding hydrogens is 308 g/mol. The number of nitrogens with one attached hydrogen (secondary N) is 2. The van der Waals surface area contributed by atoms with E-state index in [4.69, 9.17) is 4.74 Å². The normalized spacial score (nSPS) is 17.7. The molecule has 1 aromatic rings. The molecule has 21 heavy (non-hydrogen) atoms. The highest BCUT2D eigenvalue weighted by Crippen LogP contribution is 2.15. The molecule has 1 unspecified atom stereocenters. The number of aryl methyl sites for hydroxylation is 1. The summed E-state index contributed by atoms with van der Waals surface area (Å²) in [6, 6.07) is 8.21. The highest BCUT2D eigenvalue weighted by molar-refractivity contribution is 7.99. The van der Waals surface area contributed by atoms with Crippen LogP contribution in [0.5, 0.6) is 5.75 Å². The van der Waals surface area contributed by atoms with Crippen LogP contribution < -0.4 is 15.4 Å². The van der Waals surface area contributed by atoms with Crippen LogP contribution in [0.4, 0.5) is 0 Å². The summed E-state index contributed by atoms with van der Waals surface area (Å²) in [5.74, 6) is 3.14.